The summed E-state index contributed by atoms with van der Waals surface area (Å²) in [7, 11) is 0. The van der Waals surface area contributed by atoms with Crippen molar-refractivity contribution in [2.45, 2.75) is 39.2 Å². The smallest absolute Gasteiger partial charge is 0.137 e. The van der Waals surface area contributed by atoms with E-state index < -0.39 is 0 Å². The molecule has 0 saturated carbocycles. The van der Waals surface area contributed by atoms with Gasteiger partial charge in [-0.2, -0.15) is 0 Å². The average molecular weight is 380 g/mol. The second-order valence-corrected chi connectivity index (χ2v) is 9.27. The van der Waals surface area contributed by atoms with Crippen LogP contribution in [0.2, 0.25) is 0 Å². The third kappa shape index (κ3) is 3.11. The fourth-order valence-electron chi connectivity index (χ4n) is 4.70. The largest absolute Gasteiger partial charge is 0.376 e. The van der Waals surface area contributed by atoms with Crippen LogP contribution in [0.1, 0.15) is 37.7 Å². The van der Waals surface area contributed by atoms with Crippen LogP contribution in [-0.2, 0) is 23.2 Å². The van der Waals surface area contributed by atoms with E-state index in [2.05, 4.69) is 56.6 Å². The van der Waals surface area contributed by atoms with Gasteiger partial charge in [0, 0.05) is 61.5 Å². The molecule has 2 atom stereocenters. The van der Waals surface area contributed by atoms with E-state index in [0.29, 0.717) is 18.4 Å². The van der Waals surface area contributed by atoms with E-state index in [1.54, 1.807) is 12.7 Å². The molecule has 3 aliphatic heterocycles. The molecule has 2 fully saturated rings. The molecule has 2 aromatic heterocycles. The minimum absolute atomic E-state index is 0.0399. The molecular formula is C21H28N6O. The summed E-state index contributed by atoms with van der Waals surface area (Å²) in [4.78, 5) is 23.0. The van der Waals surface area contributed by atoms with E-state index in [0.717, 1.165) is 62.2 Å². The van der Waals surface area contributed by atoms with Crippen molar-refractivity contribution in [1.82, 2.24) is 19.9 Å². The van der Waals surface area contributed by atoms with E-state index >= 15 is 0 Å². The van der Waals surface area contributed by atoms with Crippen LogP contribution in [0, 0.1) is 11.8 Å². The van der Waals surface area contributed by atoms with Gasteiger partial charge in [-0.05, 0) is 0 Å². The first-order valence-corrected chi connectivity index (χ1v) is 10.2. The molecule has 7 nitrogen and oxygen atoms in total. The topological polar surface area (TPSA) is 67.3 Å². The number of aromatic nitrogens is 4. The Kier molecular flexibility index (Phi) is 4.23. The van der Waals surface area contributed by atoms with Gasteiger partial charge >= 0.3 is 0 Å². The summed E-state index contributed by atoms with van der Waals surface area (Å²) in [5.74, 6) is 3.43. The Morgan fingerprint density at radius 2 is 1.64 bits per heavy atom. The number of fused-ring (bicyclic) bond motifs is 2. The molecule has 0 spiro atoms. The molecule has 2 saturated heterocycles. The van der Waals surface area contributed by atoms with Crippen LogP contribution < -0.4 is 9.80 Å². The van der Waals surface area contributed by atoms with Crippen molar-refractivity contribution in [3.63, 3.8) is 0 Å². The number of nitrogens with zero attached hydrogens (tertiary/aromatic N) is 6. The predicted molar refractivity (Wildman–Crippen MR) is 108 cm³/mol. The zero-order valence-electron chi connectivity index (χ0n) is 16.9. The molecule has 7 heteroatoms. The minimum Gasteiger partial charge on any atom is -0.376 e. The summed E-state index contributed by atoms with van der Waals surface area (Å²) in [6.45, 7) is 12.2. The van der Waals surface area contributed by atoms with E-state index in [4.69, 9.17) is 4.74 Å². The number of ether oxygens (including phenoxy) is 1. The van der Waals surface area contributed by atoms with Gasteiger partial charge in [0.1, 0.15) is 24.3 Å². The maximum absolute atomic E-state index is 5.67. The van der Waals surface area contributed by atoms with Crippen molar-refractivity contribution in [3.8, 4) is 0 Å². The summed E-state index contributed by atoms with van der Waals surface area (Å²) in [5, 5.41) is 0. The number of anilines is 2. The molecule has 5 heterocycles. The van der Waals surface area contributed by atoms with Crippen molar-refractivity contribution in [2.75, 3.05) is 42.6 Å². The fourth-order valence-corrected chi connectivity index (χ4v) is 4.70. The molecule has 5 rings (SSSR count). The van der Waals surface area contributed by atoms with Crippen LogP contribution in [0.15, 0.2) is 18.7 Å². The summed E-state index contributed by atoms with van der Waals surface area (Å²) >= 11 is 0. The Hall–Kier alpha value is -2.28. The molecular weight excluding hydrogens is 352 g/mol. The van der Waals surface area contributed by atoms with Gasteiger partial charge < -0.3 is 14.5 Å². The lowest BCUT2D eigenvalue weighted by molar-refractivity contribution is 0.109. The van der Waals surface area contributed by atoms with Crippen LogP contribution in [0.3, 0.4) is 0 Å². The highest BCUT2D eigenvalue weighted by molar-refractivity contribution is 5.51. The van der Waals surface area contributed by atoms with Gasteiger partial charge in [-0.1, -0.05) is 20.8 Å². The minimum atomic E-state index is 0.0399. The molecule has 2 unspecified atom stereocenters. The molecule has 0 aromatic carbocycles. The molecule has 0 radical (unpaired) electrons. The maximum Gasteiger partial charge on any atom is 0.137 e. The van der Waals surface area contributed by atoms with Crippen LogP contribution in [0.25, 0.3) is 0 Å². The molecule has 28 heavy (non-hydrogen) atoms. The highest BCUT2D eigenvalue weighted by Crippen LogP contribution is 2.37. The van der Waals surface area contributed by atoms with Crippen molar-refractivity contribution in [1.29, 1.82) is 0 Å². The lowest BCUT2D eigenvalue weighted by atomic mass is 9.92. The van der Waals surface area contributed by atoms with E-state index in [-0.39, 0.29) is 5.41 Å². The lowest BCUT2D eigenvalue weighted by Gasteiger charge is -2.27. The number of hydrogen-bond donors (Lipinski definition) is 0. The van der Waals surface area contributed by atoms with Crippen LogP contribution >= 0.6 is 0 Å². The summed E-state index contributed by atoms with van der Waals surface area (Å²) in [6.07, 6.45) is 4.32. The second kappa shape index (κ2) is 6.65. The van der Waals surface area contributed by atoms with Crippen molar-refractivity contribution in [2.24, 2.45) is 11.8 Å². The Morgan fingerprint density at radius 1 is 0.929 bits per heavy atom. The van der Waals surface area contributed by atoms with E-state index in [1.165, 1.54) is 5.56 Å². The monoisotopic (exact) mass is 380 g/mol. The Balaban J connectivity index is 1.31. The number of rotatable bonds is 2. The summed E-state index contributed by atoms with van der Waals surface area (Å²) in [6, 6.07) is 2.16. The maximum atomic E-state index is 5.67. The first-order chi connectivity index (χ1) is 13.5. The fraction of sp³-hybridized carbons (Fsp3) is 0.619. The first kappa shape index (κ1) is 17.8. The second-order valence-electron chi connectivity index (χ2n) is 9.27. The van der Waals surface area contributed by atoms with Crippen molar-refractivity contribution < 1.29 is 4.74 Å². The molecule has 2 aromatic rings. The molecule has 0 bridgehead atoms. The summed E-state index contributed by atoms with van der Waals surface area (Å²) in [5.41, 5.74) is 3.49. The quantitative estimate of drug-likeness (QED) is 0.791. The van der Waals surface area contributed by atoms with Crippen molar-refractivity contribution in [3.05, 3.63) is 35.7 Å². The van der Waals surface area contributed by atoms with Gasteiger partial charge in [0.25, 0.3) is 0 Å². The van der Waals surface area contributed by atoms with Gasteiger partial charge in [-0.3, -0.25) is 0 Å². The lowest BCUT2D eigenvalue weighted by Crippen LogP contribution is -2.31. The van der Waals surface area contributed by atoms with Crippen molar-refractivity contribution >= 4 is 11.6 Å². The highest BCUT2D eigenvalue weighted by Gasteiger charge is 2.41. The Bertz CT molecular complexity index is 865. The highest BCUT2D eigenvalue weighted by atomic mass is 16.5. The van der Waals surface area contributed by atoms with E-state index in [1.807, 2.05) is 0 Å². The zero-order chi connectivity index (χ0) is 19.3. The third-order valence-electron chi connectivity index (χ3n) is 6.27. The zero-order valence-corrected chi connectivity index (χ0v) is 16.9. The van der Waals surface area contributed by atoms with Crippen LogP contribution in [0.5, 0.6) is 0 Å². The Morgan fingerprint density at radius 3 is 2.39 bits per heavy atom. The third-order valence-corrected chi connectivity index (χ3v) is 6.27. The standard InChI is InChI=1S/C21H28N6O/c1-21(2,3)18-6-19(24-13-23-18)26-7-14-9-27(10-15(14)8-26)20-16-11-28-5-4-17(16)22-12-25-20/h6,12-15H,4-5,7-11H2,1-3H3. The number of hydrogen-bond acceptors (Lipinski definition) is 7. The van der Waals surface area contributed by atoms with Gasteiger partial charge in [0.05, 0.1) is 24.6 Å². The first-order valence-electron chi connectivity index (χ1n) is 10.2. The Labute approximate surface area is 166 Å². The van der Waals surface area contributed by atoms with E-state index in [9.17, 15) is 0 Å². The van der Waals surface area contributed by atoms with Gasteiger partial charge in [-0.25, -0.2) is 19.9 Å². The van der Waals surface area contributed by atoms with Crippen LogP contribution in [-0.4, -0.2) is 52.7 Å². The molecule has 148 valence electrons. The normalized spacial score (nSPS) is 24.4. The van der Waals surface area contributed by atoms with Gasteiger partial charge in [0.2, 0.25) is 0 Å². The summed E-state index contributed by atoms with van der Waals surface area (Å²) < 4.78 is 5.67. The molecule has 3 aliphatic rings. The van der Waals surface area contributed by atoms with Crippen LogP contribution in [0.4, 0.5) is 11.6 Å². The predicted octanol–water partition coefficient (Wildman–Crippen LogP) is 2.21. The SMILES string of the molecule is CC(C)(C)c1cc(N2CC3CN(c4ncnc5c4COCC5)CC3C2)ncn1. The molecule has 0 aliphatic carbocycles. The van der Waals surface area contributed by atoms with Gasteiger partial charge in [-0.15, -0.1) is 0 Å². The molecule has 0 N–H and O–H groups in total. The molecule has 0 amide bonds. The van der Waals surface area contributed by atoms with Gasteiger partial charge in [0.15, 0.2) is 0 Å². The average Bonchev–Trinajstić information content (AvgIpc) is 3.26.